The summed E-state index contributed by atoms with van der Waals surface area (Å²) in [4.78, 5) is 44.5. The fourth-order valence-corrected chi connectivity index (χ4v) is 1.77. The molecule has 0 aliphatic heterocycles. The van der Waals surface area contributed by atoms with Crippen molar-refractivity contribution in [1.29, 1.82) is 0 Å². The van der Waals surface area contributed by atoms with Crippen LogP contribution in [0.15, 0.2) is 36.0 Å². The lowest BCUT2D eigenvalue weighted by atomic mass is 9.76. The number of hydrogen-bond donors (Lipinski definition) is 3. The van der Waals surface area contributed by atoms with Gasteiger partial charge < -0.3 is 20.1 Å². The van der Waals surface area contributed by atoms with Gasteiger partial charge in [-0.3, -0.25) is 4.79 Å². The van der Waals surface area contributed by atoms with E-state index in [-0.39, 0.29) is 0 Å². The maximum atomic E-state index is 11.4. The van der Waals surface area contributed by atoms with Crippen LogP contribution in [0.3, 0.4) is 0 Å². The molecular weight excluding hydrogens is 284 g/mol. The summed E-state index contributed by atoms with van der Waals surface area (Å²) < 4.78 is 4.67. The quantitative estimate of drug-likeness (QED) is 0.467. The third-order valence-electron chi connectivity index (χ3n) is 2.94. The molecule has 3 N–H and O–H groups in total. The summed E-state index contributed by atoms with van der Waals surface area (Å²) in [7, 11) is 0. The van der Waals surface area contributed by atoms with Gasteiger partial charge in [-0.1, -0.05) is 12.7 Å². The second-order valence-electron chi connectivity index (χ2n) is 4.29. The van der Waals surface area contributed by atoms with Crippen LogP contribution in [0.1, 0.15) is 6.42 Å². The average Bonchev–Trinajstić information content (AvgIpc) is 2.43. The van der Waals surface area contributed by atoms with E-state index in [1.807, 2.05) is 0 Å². The van der Waals surface area contributed by atoms with Crippen molar-refractivity contribution < 1.29 is 39.2 Å². The summed E-state index contributed by atoms with van der Waals surface area (Å²) in [6, 6.07) is 0. The van der Waals surface area contributed by atoms with Crippen molar-refractivity contribution in [3.8, 4) is 0 Å². The van der Waals surface area contributed by atoms with Gasteiger partial charge in [-0.15, -0.1) is 0 Å². The molecule has 8 nitrogen and oxygen atoms in total. The Morgan fingerprint density at radius 2 is 1.86 bits per heavy atom. The molecule has 0 aromatic heterocycles. The van der Waals surface area contributed by atoms with Crippen molar-refractivity contribution >= 4 is 23.9 Å². The van der Waals surface area contributed by atoms with Gasteiger partial charge in [0.25, 0.3) is 0 Å². The Hall–Kier alpha value is -2.90. The molecule has 0 saturated carbocycles. The van der Waals surface area contributed by atoms with Gasteiger partial charge in [0.15, 0.2) is 0 Å². The molecule has 1 aliphatic rings. The van der Waals surface area contributed by atoms with Crippen molar-refractivity contribution in [3.63, 3.8) is 0 Å². The van der Waals surface area contributed by atoms with Crippen LogP contribution in [0.25, 0.3) is 0 Å². The minimum absolute atomic E-state index is 0.505. The zero-order valence-corrected chi connectivity index (χ0v) is 10.7. The number of carbonyl (C=O) groups excluding carboxylic acids is 1. The molecule has 1 atom stereocenters. The van der Waals surface area contributed by atoms with Crippen LogP contribution in [0.2, 0.25) is 0 Å². The van der Waals surface area contributed by atoms with E-state index in [0.717, 1.165) is 18.2 Å². The summed E-state index contributed by atoms with van der Waals surface area (Å²) in [5, 5.41) is 27.2. The van der Waals surface area contributed by atoms with Crippen LogP contribution in [-0.4, -0.2) is 45.8 Å². The summed E-state index contributed by atoms with van der Waals surface area (Å²) in [6.07, 6.45) is 2.13. The van der Waals surface area contributed by atoms with Gasteiger partial charge in [-0.25, -0.2) is 14.4 Å². The lowest BCUT2D eigenvalue weighted by molar-refractivity contribution is -0.153. The molecule has 0 radical (unpaired) electrons. The van der Waals surface area contributed by atoms with Crippen LogP contribution in [0, 0.1) is 5.41 Å². The van der Waals surface area contributed by atoms with Gasteiger partial charge in [0.05, 0.1) is 11.1 Å². The standard InChI is InChI=1S/C13H12O8/c1-2-9(14)21-6-13(12(19)20)4-3-7(10(15)16)8(5-13)11(17)18/h2-4H,1,5-6H2,(H,15,16)(H,17,18)(H,19,20). The highest BCUT2D eigenvalue weighted by Crippen LogP contribution is 2.35. The first-order valence-electron chi connectivity index (χ1n) is 5.65. The Morgan fingerprint density at radius 3 is 2.29 bits per heavy atom. The Labute approximate surface area is 118 Å². The van der Waals surface area contributed by atoms with Crippen LogP contribution < -0.4 is 0 Å². The Balaban J connectivity index is 3.17. The first-order chi connectivity index (χ1) is 9.73. The van der Waals surface area contributed by atoms with Gasteiger partial charge in [-0.05, 0) is 6.08 Å². The second kappa shape index (κ2) is 6.04. The largest absolute Gasteiger partial charge is 0.480 e. The zero-order valence-electron chi connectivity index (χ0n) is 10.7. The SMILES string of the molecule is C=CC(=O)OCC1(C(=O)O)C=CC(C(=O)O)=C(C(=O)O)C1. The number of hydrogen-bond acceptors (Lipinski definition) is 5. The molecule has 112 valence electrons. The maximum absolute atomic E-state index is 11.4. The van der Waals surface area contributed by atoms with Gasteiger partial charge in [0, 0.05) is 12.5 Å². The van der Waals surface area contributed by atoms with Gasteiger partial charge in [-0.2, -0.15) is 0 Å². The minimum atomic E-state index is -1.83. The van der Waals surface area contributed by atoms with Crippen LogP contribution >= 0.6 is 0 Å². The number of carbonyl (C=O) groups is 4. The molecule has 8 heteroatoms. The van der Waals surface area contributed by atoms with Gasteiger partial charge >= 0.3 is 23.9 Å². The van der Waals surface area contributed by atoms with Crippen molar-refractivity contribution in [2.75, 3.05) is 6.61 Å². The van der Waals surface area contributed by atoms with E-state index >= 15 is 0 Å². The molecule has 0 saturated heterocycles. The van der Waals surface area contributed by atoms with E-state index in [1.165, 1.54) is 0 Å². The molecule has 0 aromatic carbocycles. The molecule has 0 aromatic rings. The summed E-state index contributed by atoms with van der Waals surface area (Å²) in [5.74, 6) is -5.32. The molecule has 0 heterocycles. The average molecular weight is 296 g/mol. The lowest BCUT2D eigenvalue weighted by Gasteiger charge is -2.28. The first-order valence-corrected chi connectivity index (χ1v) is 5.65. The molecular formula is C13H12O8. The molecule has 0 spiro atoms. The Bertz CT molecular complexity index is 583. The number of rotatable bonds is 6. The highest BCUT2D eigenvalue weighted by Gasteiger charge is 2.43. The molecule has 21 heavy (non-hydrogen) atoms. The van der Waals surface area contributed by atoms with Crippen molar-refractivity contribution in [1.82, 2.24) is 0 Å². The summed E-state index contributed by atoms with van der Waals surface area (Å²) in [5.41, 5.74) is -2.90. The van der Waals surface area contributed by atoms with Crippen molar-refractivity contribution in [3.05, 3.63) is 36.0 Å². The number of esters is 1. The van der Waals surface area contributed by atoms with Gasteiger partial charge in [0.2, 0.25) is 0 Å². The van der Waals surface area contributed by atoms with Crippen LogP contribution in [0.4, 0.5) is 0 Å². The topological polar surface area (TPSA) is 138 Å². The van der Waals surface area contributed by atoms with E-state index in [9.17, 15) is 24.3 Å². The van der Waals surface area contributed by atoms with Crippen molar-refractivity contribution in [2.24, 2.45) is 5.41 Å². The Kier molecular flexibility index (Phi) is 4.64. The smallest absolute Gasteiger partial charge is 0.336 e. The molecule has 0 bridgehead atoms. The van der Waals surface area contributed by atoms with Crippen LogP contribution in [0.5, 0.6) is 0 Å². The second-order valence-corrected chi connectivity index (χ2v) is 4.29. The highest BCUT2D eigenvalue weighted by molar-refractivity contribution is 6.02. The predicted molar refractivity (Wildman–Crippen MR) is 67.3 cm³/mol. The van der Waals surface area contributed by atoms with Crippen molar-refractivity contribution in [2.45, 2.75) is 6.42 Å². The van der Waals surface area contributed by atoms with E-state index in [0.29, 0.717) is 0 Å². The summed E-state index contributed by atoms with van der Waals surface area (Å²) >= 11 is 0. The molecule has 1 rings (SSSR count). The molecule has 0 amide bonds. The fourth-order valence-electron chi connectivity index (χ4n) is 1.77. The third-order valence-corrected chi connectivity index (χ3v) is 2.94. The zero-order chi connectivity index (χ0) is 16.2. The molecule has 1 aliphatic carbocycles. The highest BCUT2D eigenvalue weighted by atomic mass is 16.5. The Morgan fingerprint density at radius 1 is 1.24 bits per heavy atom. The maximum Gasteiger partial charge on any atom is 0.336 e. The fraction of sp³-hybridized carbons (Fsp3) is 0.231. The van der Waals surface area contributed by atoms with E-state index < -0.39 is 53.5 Å². The lowest BCUT2D eigenvalue weighted by Crippen LogP contribution is -2.38. The third kappa shape index (κ3) is 3.35. The molecule has 1 unspecified atom stereocenters. The number of carboxylic acid groups (broad SMARTS) is 3. The monoisotopic (exact) mass is 296 g/mol. The normalized spacial score (nSPS) is 20.8. The minimum Gasteiger partial charge on any atom is -0.480 e. The number of ether oxygens (including phenoxy) is 1. The predicted octanol–water partition coefficient (Wildman–Crippen LogP) is 0.212. The molecule has 0 fully saturated rings. The van der Waals surface area contributed by atoms with E-state index in [2.05, 4.69) is 11.3 Å². The van der Waals surface area contributed by atoms with Crippen LogP contribution in [-0.2, 0) is 23.9 Å². The van der Waals surface area contributed by atoms with Gasteiger partial charge in [0.1, 0.15) is 12.0 Å². The summed E-state index contributed by atoms with van der Waals surface area (Å²) in [6.45, 7) is 2.52. The first kappa shape index (κ1) is 16.2. The van der Waals surface area contributed by atoms with E-state index in [4.69, 9.17) is 10.2 Å². The number of aliphatic carboxylic acids is 3. The number of carboxylic acids is 3. The van der Waals surface area contributed by atoms with E-state index in [1.54, 1.807) is 0 Å².